The number of hydrogen-bond acceptors (Lipinski definition) is 3. The molecule has 0 heterocycles. The molecule has 0 radical (unpaired) electrons. The molecule has 1 aliphatic carbocycles. The lowest BCUT2D eigenvalue weighted by atomic mass is 9.78. The van der Waals surface area contributed by atoms with Crippen molar-refractivity contribution in [2.75, 3.05) is 20.3 Å². The monoisotopic (exact) mass is 270 g/mol. The zero-order valence-corrected chi connectivity index (χ0v) is 12.9. The molecule has 0 aliphatic heterocycles. The molecular weight excluding hydrogens is 240 g/mol. The number of carbonyl (C=O) groups excluding carboxylic acids is 1. The molecule has 19 heavy (non-hydrogen) atoms. The first kappa shape index (κ1) is 16.4. The molecule has 1 amide bonds. The van der Waals surface area contributed by atoms with Gasteiger partial charge in [-0.05, 0) is 39.0 Å². The van der Waals surface area contributed by atoms with Gasteiger partial charge in [-0.15, -0.1) is 0 Å². The second-order valence-electron chi connectivity index (χ2n) is 5.90. The molecule has 0 aromatic carbocycles. The van der Waals surface area contributed by atoms with Gasteiger partial charge in [0.05, 0.1) is 12.6 Å². The zero-order chi connectivity index (χ0) is 14.4. The lowest BCUT2D eigenvalue weighted by Gasteiger charge is -2.35. The van der Waals surface area contributed by atoms with Crippen LogP contribution in [-0.4, -0.2) is 43.2 Å². The van der Waals surface area contributed by atoms with Crippen molar-refractivity contribution < 1.29 is 9.53 Å². The maximum Gasteiger partial charge on any atom is 0.225 e. The molecule has 1 fully saturated rings. The van der Waals surface area contributed by atoms with Gasteiger partial charge in [-0.3, -0.25) is 4.79 Å². The highest BCUT2D eigenvalue weighted by molar-refractivity contribution is 5.79. The normalized spacial score (nSPS) is 26.8. The smallest absolute Gasteiger partial charge is 0.225 e. The highest BCUT2D eigenvalue weighted by atomic mass is 16.5. The quantitative estimate of drug-likeness (QED) is 0.803. The Kier molecular flexibility index (Phi) is 6.80. The fourth-order valence-electron chi connectivity index (χ4n) is 3.20. The van der Waals surface area contributed by atoms with Gasteiger partial charge >= 0.3 is 0 Å². The number of carbonyl (C=O) groups is 1. The average molecular weight is 270 g/mol. The van der Waals surface area contributed by atoms with Gasteiger partial charge in [0.2, 0.25) is 5.91 Å². The zero-order valence-electron chi connectivity index (χ0n) is 12.9. The minimum Gasteiger partial charge on any atom is -0.383 e. The molecule has 1 rings (SSSR count). The number of nitrogens with two attached hydrogens (primary N) is 1. The first-order valence-corrected chi connectivity index (χ1v) is 7.56. The Balaban J connectivity index is 2.62. The maximum absolute atomic E-state index is 12.6. The molecule has 4 unspecified atom stereocenters. The molecule has 0 aromatic heterocycles. The van der Waals surface area contributed by atoms with E-state index in [4.69, 9.17) is 10.5 Å². The molecule has 1 aliphatic rings. The standard InChI is InChI=1S/C15H30N2O2/c1-5-17(11(2)10-19-4)15(18)12(3)13-7-6-8-14(16)9-13/h11-14H,5-10,16H2,1-4H3. The number of ether oxygens (including phenoxy) is 1. The minimum atomic E-state index is 0.0746. The van der Waals surface area contributed by atoms with Crippen LogP contribution in [0.1, 0.15) is 46.5 Å². The van der Waals surface area contributed by atoms with E-state index < -0.39 is 0 Å². The predicted octanol–water partition coefficient (Wildman–Crippen LogP) is 2.02. The number of nitrogens with zero attached hydrogens (tertiary/aromatic N) is 1. The van der Waals surface area contributed by atoms with Crippen molar-refractivity contribution in [2.45, 2.75) is 58.5 Å². The van der Waals surface area contributed by atoms with Crippen molar-refractivity contribution in [3.63, 3.8) is 0 Å². The van der Waals surface area contributed by atoms with Gasteiger partial charge in [-0.2, -0.15) is 0 Å². The van der Waals surface area contributed by atoms with Crippen LogP contribution >= 0.6 is 0 Å². The lowest BCUT2D eigenvalue weighted by molar-refractivity contribution is -0.140. The van der Waals surface area contributed by atoms with E-state index in [2.05, 4.69) is 6.92 Å². The van der Waals surface area contributed by atoms with E-state index in [1.165, 1.54) is 0 Å². The largest absolute Gasteiger partial charge is 0.383 e. The van der Waals surface area contributed by atoms with Crippen molar-refractivity contribution >= 4 is 5.91 Å². The summed E-state index contributed by atoms with van der Waals surface area (Å²) in [5, 5.41) is 0. The number of methoxy groups -OCH3 is 1. The van der Waals surface area contributed by atoms with Gasteiger partial charge < -0.3 is 15.4 Å². The lowest BCUT2D eigenvalue weighted by Crippen LogP contribution is -2.46. The summed E-state index contributed by atoms with van der Waals surface area (Å²) in [6, 6.07) is 0.419. The molecule has 4 atom stereocenters. The Bertz CT molecular complexity index is 283. The van der Waals surface area contributed by atoms with Gasteiger partial charge in [0, 0.05) is 25.6 Å². The molecule has 112 valence electrons. The van der Waals surface area contributed by atoms with Crippen LogP contribution in [0.5, 0.6) is 0 Å². The Labute approximate surface area is 117 Å². The van der Waals surface area contributed by atoms with Gasteiger partial charge in [0.25, 0.3) is 0 Å². The summed E-state index contributed by atoms with van der Waals surface area (Å²) in [6.45, 7) is 7.48. The number of hydrogen-bond donors (Lipinski definition) is 1. The molecule has 0 aromatic rings. The topological polar surface area (TPSA) is 55.6 Å². The molecular formula is C15H30N2O2. The summed E-state index contributed by atoms with van der Waals surface area (Å²) in [7, 11) is 1.68. The van der Waals surface area contributed by atoms with E-state index in [9.17, 15) is 4.79 Å². The minimum absolute atomic E-state index is 0.0746. The van der Waals surface area contributed by atoms with E-state index in [-0.39, 0.29) is 23.9 Å². The van der Waals surface area contributed by atoms with Crippen LogP contribution in [0.2, 0.25) is 0 Å². The van der Waals surface area contributed by atoms with Crippen LogP contribution < -0.4 is 5.73 Å². The fourth-order valence-corrected chi connectivity index (χ4v) is 3.20. The Morgan fingerprint density at radius 3 is 2.63 bits per heavy atom. The predicted molar refractivity (Wildman–Crippen MR) is 77.8 cm³/mol. The Morgan fingerprint density at radius 2 is 2.11 bits per heavy atom. The van der Waals surface area contributed by atoms with Crippen LogP contribution in [-0.2, 0) is 9.53 Å². The number of amides is 1. The van der Waals surface area contributed by atoms with Crippen molar-refractivity contribution in [3.8, 4) is 0 Å². The Hall–Kier alpha value is -0.610. The van der Waals surface area contributed by atoms with Crippen LogP contribution in [0.4, 0.5) is 0 Å². The summed E-state index contributed by atoms with van der Waals surface area (Å²) in [5.41, 5.74) is 6.03. The maximum atomic E-state index is 12.6. The van der Waals surface area contributed by atoms with Crippen molar-refractivity contribution in [3.05, 3.63) is 0 Å². The third kappa shape index (κ3) is 4.46. The van der Waals surface area contributed by atoms with Gasteiger partial charge in [0.15, 0.2) is 0 Å². The van der Waals surface area contributed by atoms with E-state index in [1.807, 2.05) is 18.7 Å². The third-order valence-electron chi connectivity index (χ3n) is 4.42. The first-order chi connectivity index (χ1) is 9.01. The molecule has 4 heteroatoms. The average Bonchev–Trinajstić information content (AvgIpc) is 2.39. The third-order valence-corrected chi connectivity index (χ3v) is 4.42. The number of rotatable bonds is 6. The summed E-state index contributed by atoms with van der Waals surface area (Å²) in [6.07, 6.45) is 4.39. The van der Waals surface area contributed by atoms with Crippen molar-refractivity contribution in [2.24, 2.45) is 17.6 Å². The SMILES string of the molecule is CCN(C(=O)C(C)C1CCCC(N)C1)C(C)COC. The molecule has 4 nitrogen and oxygen atoms in total. The first-order valence-electron chi connectivity index (χ1n) is 7.56. The van der Waals surface area contributed by atoms with Crippen LogP contribution in [0.25, 0.3) is 0 Å². The van der Waals surface area contributed by atoms with Gasteiger partial charge in [-0.25, -0.2) is 0 Å². The molecule has 2 N–H and O–H groups in total. The summed E-state index contributed by atoms with van der Waals surface area (Å²) >= 11 is 0. The van der Waals surface area contributed by atoms with Crippen LogP contribution in [0.3, 0.4) is 0 Å². The molecule has 0 bridgehead atoms. The van der Waals surface area contributed by atoms with E-state index in [0.29, 0.717) is 12.5 Å². The van der Waals surface area contributed by atoms with Gasteiger partial charge in [0.1, 0.15) is 0 Å². The molecule has 1 saturated carbocycles. The molecule has 0 saturated heterocycles. The van der Waals surface area contributed by atoms with Crippen molar-refractivity contribution in [1.29, 1.82) is 0 Å². The highest BCUT2D eigenvalue weighted by Crippen LogP contribution is 2.30. The second-order valence-corrected chi connectivity index (χ2v) is 5.90. The second kappa shape index (κ2) is 7.85. The van der Waals surface area contributed by atoms with Crippen LogP contribution in [0.15, 0.2) is 0 Å². The highest BCUT2D eigenvalue weighted by Gasteiger charge is 2.32. The summed E-state index contributed by atoms with van der Waals surface area (Å²) in [5.74, 6) is 0.775. The number of likely N-dealkylation sites (N-methyl/N-ethyl adjacent to an activating group) is 1. The fraction of sp³-hybridized carbons (Fsp3) is 0.933. The molecule has 0 spiro atoms. The van der Waals surface area contributed by atoms with Crippen molar-refractivity contribution in [1.82, 2.24) is 4.90 Å². The van der Waals surface area contributed by atoms with Crippen LogP contribution in [0, 0.1) is 11.8 Å². The van der Waals surface area contributed by atoms with E-state index >= 15 is 0 Å². The summed E-state index contributed by atoms with van der Waals surface area (Å²) < 4.78 is 5.16. The summed E-state index contributed by atoms with van der Waals surface area (Å²) in [4.78, 5) is 14.6. The van der Waals surface area contributed by atoms with E-state index in [0.717, 1.165) is 32.2 Å². The van der Waals surface area contributed by atoms with E-state index in [1.54, 1.807) is 7.11 Å². The van der Waals surface area contributed by atoms with Gasteiger partial charge in [-0.1, -0.05) is 13.3 Å². The Morgan fingerprint density at radius 1 is 1.42 bits per heavy atom.